The third-order valence-corrected chi connectivity index (χ3v) is 5.31. The minimum absolute atomic E-state index is 0.0660. The highest BCUT2D eigenvalue weighted by Gasteiger charge is 2.44. The van der Waals surface area contributed by atoms with E-state index >= 15 is 0 Å². The van der Waals surface area contributed by atoms with Gasteiger partial charge in [0.25, 0.3) is 0 Å². The summed E-state index contributed by atoms with van der Waals surface area (Å²) in [5, 5.41) is 7.87. The molecule has 0 aliphatic carbocycles. The fourth-order valence-corrected chi connectivity index (χ4v) is 3.98. The van der Waals surface area contributed by atoms with E-state index in [1.807, 2.05) is 7.05 Å². The van der Waals surface area contributed by atoms with Crippen LogP contribution in [0.15, 0.2) is 18.9 Å². The Morgan fingerprint density at radius 2 is 2.32 bits per heavy atom. The molecule has 1 aromatic rings. The van der Waals surface area contributed by atoms with Gasteiger partial charge in [-0.25, -0.2) is 4.79 Å². The molecule has 0 spiro atoms. The molecule has 1 aromatic heterocycles. The first-order chi connectivity index (χ1) is 12.0. The van der Waals surface area contributed by atoms with Gasteiger partial charge in [0.1, 0.15) is 0 Å². The number of carbonyl (C=O) groups is 2. The van der Waals surface area contributed by atoms with Crippen LogP contribution in [0.5, 0.6) is 0 Å². The van der Waals surface area contributed by atoms with Gasteiger partial charge in [-0.3, -0.25) is 14.4 Å². The van der Waals surface area contributed by atoms with Crippen LogP contribution in [-0.4, -0.2) is 76.5 Å². The molecule has 8 nitrogen and oxygen atoms in total. The molecule has 1 unspecified atom stereocenters. The molecule has 3 aliphatic rings. The first kappa shape index (κ1) is 17.6. The highest BCUT2D eigenvalue weighted by Crippen LogP contribution is 2.37. The van der Waals surface area contributed by atoms with E-state index in [0.717, 1.165) is 25.9 Å². The average Bonchev–Trinajstić information content (AvgIpc) is 3.09. The molecule has 4 heterocycles. The molecule has 0 saturated carbocycles. The molecular weight excluding hydrogens is 322 g/mol. The molecular formula is C17H25N5O3. The van der Waals surface area contributed by atoms with Crippen LogP contribution < -0.4 is 0 Å². The van der Waals surface area contributed by atoms with E-state index in [2.05, 4.69) is 26.5 Å². The Bertz CT molecular complexity index is 658. The van der Waals surface area contributed by atoms with E-state index in [1.165, 1.54) is 7.11 Å². The van der Waals surface area contributed by atoms with Crippen molar-refractivity contribution in [1.82, 2.24) is 24.8 Å². The lowest BCUT2D eigenvalue weighted by Crippen LogP contribution is -2.58. The van der Waals surface area contributed by atoms with Crippen molar-refractivity contribution in [3.8, 4) is 0 Å². The van der Waals surface area contributed by atoms with Crippen LogP contribution in [0.25, 0.3) is 0 Å². The lowest BCUT2D eigenvalue weighted by Gasteiger charge is -2.49. The zero-order valence-electron chi connectivity index (χ0n) is 14.8. The second-order valence-electron chi connectivity index (χ2n) is 6.86. The summed E-state index contributed by atoms with van der Waals surface area (Å²) in [5.41, 5.74) is 0.220. The standard InChI is InChI=1S/C17H25N5O3/c1-4-6-20(2)16(23)14-10-21-7-5-12(14)8-13(21)9-22-11-15(18-19-22)17(24)25-3/h4,11-14H,1,5-10H2,2-3H3/t12-,13-,14-/m1/s1. The van der Waals surface area contributed by atoms with Crippen LogP contribution >= 0.6 is 0 Å². The summed E-state index contributed by atoms with van der Waals surface area (Å²) in [4.78, 5) is 28.2. The fourth-order valence-electron chi connectivity index (χ4n) is 3.98. The van der Waals surface area contributed by atoms with E-state index in [9.17, 15) is 9.59 Å². The zero-order chi connectivity index (χ0) is 18.0. The number of nitrogens with zero attached hydrogens (tertiary/aromatic N) is 5. The van der Waals surface area contributed by atoms with Crippen LogP contribution in [0.4, 0.5) is 0 Å². The maximum atomic E-state index is 12.6. The van der Waals surface area contributed by atoms with Gasteiger partial charge in [0.05, 0.1) is 25.8 Å². The number of methoxy groups -OCH3 is 1. The van der Waals surface area contributed by atoms with Gasteiger partial charge in [-0.1, -0.05) is 11.3 Å². The first-order valence-electron chi connectivity index (χ1n) is 8.61. The molecule has 136 valence electrons. The number of ether oxygens (including phenoxy) is 1. The second-order valence-corrected chi connectivity index (χ2v) is 6.86. The molecule has 0 radical (unpaired) electrons. The van der Waals surface area contributed by atoms with E-state index < -0.39 is 5.97 Å². The largest absolute Gasteiger partial charge is 0.464 e. The van der Waals surface area contributed by atoms with Crippen LogP contribution in [-0.2, 0) is 16.1 Å². The van der Waals surface area contributed by atoms with Gasteiger partial charge >= 0.3 is 5.97 Å². The summed E-state index contributed by atoms with van der Waals surface area (Å²) in [6.07, 6.45) is 5.40. The van der Waals surface area contributed by atoms with Crippen molar-refractivity contribution in [2.75, 3.05) is 33.8 Å². The number of rotatable bonds is 6. The van der Waals surface area contributed by atoms with Crippen LogP contribution in [0.1, 0.15) is 23.3 Å². The predicted molar refractivity (Wildman–Crippen MR) is 90.8 cm³/mol. The molecule has 4 rings (SSSR count). The number of hydrogen-bond donors (Lipinski definition) is 0. The summed E-state index contributed by atoms with van der Waals surface area (Å²) in [6.45, 7) is 6.75. The third kappa shape index (κ3) is 3.58. The molecule has 3 aliphatic heterocycles. The van der Waals surface area contributed by atoms with Gasteiger partial charge in [-0.15, -0.1) is 11.7 Å². The topological polar surface area (TPSA) is 80.6 Å². The summed E-state index contributed by atoms with van der Waals surface area (Å²) < 4.78 is 6.35. The Kier molecular flexibility index (Phi) is 5.17. The minimum Gasteiger partial charge on any atom is -0.464 e. The molecule has 3 saturated heterocycles. The van der Waals surface area contributed by atoms with Crippen molar-refractivity contribution in [3.63, 3.8) is 0 Å². The van der Waals surface area contributed by atoms with E-state index in [0.29, 0.717) is 25.0 Å². The molecule has 3 fully saturated rings. The average molecular weight is 347 g/mol. The first-order valence-corrected chi connectivity index (χ1v) is 8.61. The van der Waals surface area contributed by atoms with Crippen LogP contribution in [0, 0.1) is 11.8 Å². The molecule has 4 atom stereocenters. The number of amides is 1. The van der Waals surface area contributed by atoms with E-state index in [4.69, 9.17) is 0 Å². The summed E-state index contributed by atoms with van der Waals surface area (Å²) in [5.74, 6) is 0.198. The Morgan fingerprint density at radius 1 is 1.52 bits per heavy atom. The molecule has 0 N–H and O–H groups in total. The highest BCUT2D eigenvalue weighted by atomic mass is 16.5. The Morgan fingerprint density at radius 3 is 2.96 bits per heavy atom. The SMILES string of the molecule is C=CCN(C)C(=O)[C@@H]1CN2CC[C@@H]1C[C@@H]2Cn1cc(C(=O)OC)nn1. The van der Waals surface area contributed by atoms with Gasteiger partial charge in [-0.2, -0.15) is 0 Å². The zero-order valence-corrected chi connectivity index (χ0v) is 14.8. The minimum atomic E-state index is -0.479. The Balaban J connectivity index is 1.62. The monoisotopic (exact) mass is 347 g/mol. The predicted octanol–water partition coefficient (Wildman–Crippen LogP) is 0.420. The number of likely N-dealkylation sites (N-methyl/N-ethyl adjacent to an activating group) is 1. The summed E-state index contributed by atoms with van der Waals surface area (Å²) >= 11 is 0. The maximum Gasteiger partial charge on any atom is 0.360 e. The van der Waals surface area contributed by atoms with Gasteiger partial charge in [0.15, 0.2) is 5.69 Å². The number of esters is 1. The van der Waals surface area contributed by atoms with Crippen molar-refractivity contribution in [2.24, 2.45) is 11.8 Å². The number of carbonyl (C=O) groups excluding carboxylic acids is 2. The van der Waals surface area contributed by atoms with Gasteiger partial charge in [-0.05, 0) is 25.3 Å². The van der Waals surface area contributed by atoms with Gasteiger partial charge in [0, 0.05) is 26.2 Å². The molecule has 8 heteroatoms. The number of hydrogen-bond acceptors (Lipinski definition) is 6. The molecule has 0 aromatic carbocycles. The Hall–Kier alpha value is -2.22. The molecule has 25 heavy (non-hydrogen) atoms. The van der Waals surface area contributed by atoms with Crippen LogP contribution in [0.2, 0.25) is 0 Å². The number of fused-ring (bicyclic) bond motifs is 3. The fraction of sp³-hybridized carbons (Fsp3) is 0.647. The lowest BCUT2D eigenvalue weighted by molar-refractivity contribution is -0.142. The normalized spacial score (nSPS) is 27.8. The lowest BCUT2D eigenvalue weighted by atomic mass is 9.75. The van der Waals surface area contributed by atoms with E-state index in [-0.39, 0.29) is 17.5 Å². The van der Waals surface area contributed by atoms with Crippen molar-refractivity contribution < 1.29 is 14.3 Å². The quantitative estimate of drug-likeness (QED) is 0.548. The highest BCUT2D eigenvalue weighted by molar-refractivity contribution is 5.86. The van der Waals surface area contributed by atoms with Crippen molar-refractivity contribution >= 4 is 11.9 Å². The van der Waals surface area contributed by atoms with Crippen LogP contribution in [0.3, 0.4) is 0 Å². The van der Waals surface area contributed by atoms with Gasteiger partial charge < -0.3 is 9.64 Å². The van der Waals surface area contributed by atoms with Crippen molar-refractivity contribution in [2.45, 2.75) is 25.4 Å². The number of piperidine rings is 3. The van der Waals surface area contributed by atoms with E-state index in [1.54, 1.807) is 21.9 Å². The maximum absolute atomic E-state index is 12.6. The third-order valence-electron chi connectivity index (χ3n) is 5.31. The van der Waals surface area contributed by atoms with Crippen molar-refractivity contribution in [1.29, 1.82) is 0 Å². The summed E-state index contributed by atoms with van der Waals surface area (Å²) in [7, 11) is 3.16. The Labute approximate surface area is 147 Å². The second kappa shape index (κ2) is 7.35. The van der Waals surface area contributed by atoms with Crippen molar-refractivity contribution in [3.05, 3.63) is 24.5 Å². The summed E-state index contributed by atoms with van der Waals surface area (Å²) in [6, 6.07) is 0.319. The smallest absolute Gasteiger partial charge is 0.360 e. The number of aromatic nitrogens is 3. The van der Waals surface area contributed by atoms with Gasteiger partial charge in [0.2, 0.25) is 5.91 Å². The molecule has 2 bridgehead atoms. The molecule has 1 amide bonds.